The number of unbranched alkanes of at least 4 members (excludes halogenated alkanes) is 1. The van der Waals surface area contributed by atoms with Crippen LogP contribution in [0.3, 0.4) is 0 Å². The number of hydrazone groups is 1. The van der Waals surface area contributed by atoms with E-state index in [9.17, 15) is 4.79 Å². The third-order valence-corrected chi connectivity index (χ3v) is 5.78. The summed E-state index contributed by atoms with van der Waals surface area (Å²) in [6.45, 7) is 2.77. The van der Waals surface area contributed by atoms with Gasteiger partial charge in [0.2, 0.25) is 0 Å². The highest BCUT2D eigenvalue weighted by molar-refractivity contribution is 7.80. The van der Waals surface area contributed by atoms with E-state index in [0.717, 1.165) is 37.0 Å². The van der Waals surface area contributed by atoms with Gasteiger partial charge in [0.05, 0.1) is 25.5 Å². The van der Waals surface area contributed by atoms with Crippen molar-refractivity contribution in [3.8, 4) is 17.2 Å². The van der Waals surface area contributed by atoms with Crippen LogP contribution >= 0.6 is 12.2 Å². The lowest BCUT2D eigenvalue weighted by Crippen LogP contribution is -2.40. The Balaban J connectivity index is 1.54. The molecule has 1 aliphatic rings. The van der Waals surface area contributed by atoms with Crippen LogP contribution in [0.2, 0.25) is 0 Å². The molecule has 0 bridgehead atoms. The van der Waals surface area contributed by atoms with Gasteiger partial charge < -0.3 is 19.5 Å². The van der Waals surface area contributed by atoms with E-state index in [1.54, 1.807) is 48.7 Å². The normalized spacial score (nSPS) is 13.9. The lowest BCUT2D eigenvalue weighted by molar-refractivity contribution is 0.0729. The van der Waals surface area contributed by atoms with Crippen LogP contribution in [0.15, 0.2) is 47.6 Å². The lowest BCUT2D eigenvalue weighted by Gasteiger charge is -2.23. The van der Waals surface area contributed by atoms with E-state index in [0.29, 0.717) is 34.8 Å². The molecule has 0 unspecified atom stereocenters. The monoisotopic (exact) mass is 483 g/mol. The van der Waals surface area contributed by atoms with Gasteiger partial charge in [-0.25, -0.2) is 4.79 Å². The Kier molecular flexibility index (Phi) is 10.2. The maximum Gasteiger partial charge on any atom is 0.343 e. The molecule has 2 aromatic rings. The highest BCUT2D eigenvalue weighted by Gasteiger charge is 2.14. The van der Waals surface area contributed by atoms with Crippen LogP contribution in [0.1, 0.15) is 67.8 Å². The molecule has 1 fully saturated rings. The molecule has 3 rings (SSSR count). The summed E-state index contributed by atoms with van der Waals surface area (Å²) in [5, 5.41) is 8.02. The van der Waals surface area contributed by atoms with Crippen molar-refractivity contribution in [3.05, 3.63) is 53.6 Å². The fourth-order valence-electron chi connectivity index (χ4n) is 3.66. The molecule has 182 valence electrons. The van der Waals surface area contributed by atoms with Crippen LogP contribution in [0.25, 0.3) is 0 Å². The molecule has 0 aliphatic heterocycles. The Labute approximate surface area is 206 Å². The summed E-state index contributed by atoms with van der Waals surface area (Å²) in [5.41, 5.74) is 4.06. The van der Waals surface area contributed by atoms with E-state index in [1.807, 2.05) is 0 Å². The van der Waals surface area contributed by atoms with E-state index in [-0.39, 0.29) is 0 Å². The molecular formula is C26H33N3O4S. The number of hydrogen-bond donors (Lipinski definition) is 2. The fourth-order valence-corrected chi connectivity index (χ4v) is 3.88. The molecule has 7 nitrogen and oxygen atoms in total. The van der Waals surface area contributed by atoms with Gasteiger partial charge in [0.1, 0.15) is 5.75 Å². The zero-order chi connectivity index (χ0) is 24.2. The minimum Gasteiger partial charge on any atom is -0.494 e. The molecule has 0 radical (unpaired) electrons. The number of hydrogen-bond acceptors (Lipinski definition) is 6. The zero-order valence-electron chi connectivity index (χ0n) is 19.8. The molecule has 0 heterocycles. The summed E-state index contributed by atoms with van der Waals surface area (Å²) in [6, 6.07) is 12.5. The predicted molar refractivity (Wildman–Crippen MR) is 138 cm³/mol. The van der Waals surface area contributed by atoms with Crippen molar-refractivity contribution < 1.29 is 19.0 Å². The largest absolute Gasteiger partial charge is 0.494 e. The number of esters is 1. The standard InChI is InChI=1S/C26H33N3O4S/c1-3-4-16-32-22-13-11-20(12-14-22)25(30)33-23-15-10-19(17-24(23)31-2)18-27-29-26(34)28-21-8-6-5-7-9-21/h10-15,17-18,21H,3-9,16H2,1-2H3,(H2,28,29,34)/b27-18+. The Morgan fingerprint density at radius 3 is 2.59 bits per heavy atom. The fraction of sp³-hybridized carbons (Fsp3) is 0.423. The molecule has 34 heavy (non-hydrogen) atoms. The summed E-state index contributed by atoms with van der Waals surface area (Å²) in [4.78, 5) is 12.6. The average Bonchev–Trinajstić information content (AvgIpc) is 2.86. The first-order chi connectivity index (χ1) is 16.6. The van der Waals surface area contributed by atoms with Gasteiger partial charge in [0.15, 0.2) is 16.6 Å². The highest BCUT2D eigenvalue weighted by Crippen LogP contribution is 2.28. The smallest absolute Gasteiger partial charge is 0.343 e. The molecule has 2 aromatic carbocycles. The second-order valence-electron chi connectivity index (χ2n) is 8.20. The number of methoxy groups -OCH3 is 1. The number of rotatable bonds is 10. The number of benzene rings is 2. The van der Waals surface area contributed by atoms with Gasteiger partial charge in [-0.1, -0.05) is 32.6 Å². The first-order valence-corrected chi connectivity index (χ1v) is 12.2. The Bertz CT molecular complexity index is 973. The minimum atomic E-state index is -0.472. The number of thiocarbonyl (C=S) groups is 1. The average molecular weight is 484 g/mol. The van der Waals surface area contributed by atoms with Crippen molar-refractivity contribution in [2.24, 2.45) is 5.10 Å². The van der Waals surface area contributed by atoms with E-state index in [2.05, 4.69) is 22.8 Å². The van der Waals surface area contributed by atoms with Crippen LogP contribution in [-0.4, -0.2) is 37.1 Å². The number of nitrogens with one attached hydrogen (secondary N) is 2. The van der Waals surface area contributed by atoms with Crippen LogP contribution < -0.4 is 25.0 Å². The quantitative estimate of drug-likeness (QED) is 0.120. The summed E-state index contributed by atoms with van der Waals surface area (Å²) in [7, 11) is 1.53. The molecule has 0 atom stereocenters. The van der Waals surface area contributed by atoms with Gasteiger partial charge >= 0.3 is 5.97 Å². The van der Waals surface area contributed by atoms with Gasteiger partial charge in [0.25, 0.3) is 0 Å². The van der Waals surface area contributed by atoms with Crippen LogP contribution in [-0.2, 0) is 0 Å². The highest BCUT2D eigenvalue weighted by atomic mass is 32.1. The Morgan fingerprint density at radius 2 is 1.88 bits per heavy atom. The third kappa shape index (κ3) is 8.02. The summed E-state index contributed by atoms with van der Waals surface area (Å²) >= 11 is 5.32. The maximum absolute atomic E-state index is 12.6. The van der Waals surface area contributed by atoms with Crippen molar-refractivity contribution in [1.29, 1.82) is 0 Å². The van der Waals surface area contributed by atoms with Crippen LogP contribution in [0.4, 0.5) is 0 Å². The van der Waals surface area contributed by atoms with Crippen molar-refractivity contribution in [3.63, 3.8) is 0 Å². The first-order valence-electron chi connectivity index (χ1n) is 11.8. The molecular weight excluding hydrogens is 450 g/mol. The molecule has 1 aliphatic carbocycles. The van der Waals surface area contributed by atoms with E-state index < -0.39 is 5.97 Å². The molecule has 8 heteroatoms. The Hall–Kier alpha value is -3.13. The van der Waals surface area contributed by atoms with Crippen molar-refractivity contribution >= 4 is 29.5 Å². The second-order valence-corrected chi connectivity index (χ2v) is 8.61. The molecule has 0 saturated heterocycles. The molecule has 0 amide bonds. The summed E-state index contributed by atoms with van der Waals surface area (Å²) < 4.78 is 16.6. The number of carbonyl (C=O) groups is 1. The van der Waals surface area contributed by atoms with Crippen molar-refractivity contribution in [1.82, 2.24) is 10.7 Å². The van der Waals surface area contributed by atoms with Gasteiger partial charge in [-0.05, 0) is 79.5 Å². The van der Waals surface area contributed by atoms with Gasteiger partial charge in [-0.2, -0.15) is 5.10 Å². The first kappa shape index (κ1) is 25.5. The number of nitrogens with zero attached hydrogens (tertiary/aromatic N) is 1. The number of carbonyl (C=O) groups excluding carboxylic acids is 1. The molecule has 0 aromatic heterocycles. The van der Waals surface area contributed by atoms with E-state index in [1.165, 1.54) is 26.4 Å². The van der Waals surface area contributed by atoms with Crippen LogP contribution in [0.5, 0.6) is 17.2 Å². The maximum atomic E-state index is 12.6. The summed E-state index contributed by atoms with van der Waals surface area (Å²) in [5.74, 6) is 1.02. The second kappa shape index (κ2) is 13.5. The van der Waals surface area contributed by atoms with Crippen molar-refractivity contribution in [2.45, 2.75) is 57.9 Å². The van der Waals surface area contributed by atoms with E-state index >= 15 is 0 Å². The zero-order valence-corrected chi connectivity index (χ0v) is 20.7. The Morgan fingerprint density at radius 1 is 1.12 bits per heavy atom. The minimum absolute atomic E-state index is 0.329. The van der Waals surface area contributed by atoms with E-state index in [4.69, 9.17) is 26.4 Å². The molecule has 1 saturated carbocycles. The van der Waals surface area contributed by atoms with Gasteiger partial charge in [-0.3, -0.25) is 5.43 Å². The molecule has 2 N–H and O–H groups in total. The van der Waals surface area contributed by atoms with Gasteiger partial charge in [0, 0.05) is 6.04 Å². The van der Waals surface area contributed by atoms with Gasteiger partial charge in [-0.15, -0.1) is 0 Å². The molecule has 0 spiro atoms. The topological polar surface area (TPSA) is 81.2 Å². The summed E-state index contributed by atoms with van der Waals surface area (Å²) in [6.07, 6.45) is 9.74. The SMILES string of the molecule is CCCCOc1ccc(C(=O)Oc2ccc(/C=N/NC(=S)NC3CCCCC3)cc2OC)cc1. The van der Waals surface area contributed by atoms with Crippen LogP contribution in [0, 0.1) is 0 Å². The predicted octanol–water partition coefficient (Wildman–Crippen LogP) is 5.22. The lowest BCUT2D eigenvalue weighted by atomic mass is 9.96. The number of ether oxygens (including phenoxy) is 3. The van der Waals surface area contributed by atoms with Crippen molar-refractivity contribution in [2.75, 3.05) is 13.7 Å². The third-order valence-electron chi connectivity index (χ3n) is 5.57.